The highest BCUT2D eigenvalue weighted by molar-refractivity contribution is 9.10. The number of hydrogen-bond acceptors (Lipinski definition) is 5. The lowest BCUT2D eigenvalue weighted by atomic mass is 10.3. The van der Waals surface area contributed by atoms with E-state index in [-0.39, 0.29) is 18.0 Å². The van der Waals surface area contributed by atoms with Crippen LogP contribution in [0.3, 0.4) is 0 Å². The van der Waals surface area contributed by atoms with Gasteiger partial charge in [-0.15, -0.1) is 11.3 Å². The first-order valence-electron chi connectivity index (χ1n) is 5.58. The average Bonchev–Trinajstić information content (AvgIpc) is 2.99. The molecule has 0 spiro atoms. The van der Waals surface area contributed by atoms with E-state index in [2.05, 4.69) is 20.9 Å². The van der Waals surface area contributed by atoms with Gasteiger partial charge in [0, 0.05) is 4.88 Å². The molecule has 0 aromatic carbocycles. The Kier molecular flexibility index (Phi) is 4.49. The summed E-state index contributed by atoms with van der Waals surface area (Å²) in [6, 6.07) is 3.88. The number of aromatic nitrogens is 2. The maximum absolute atomic E-state index is 11.9. The molecule has 0 aliphatic heterocycles. The van der Waals surface area contributed by atoms with E-state index in [1.54, 1.807) is 22.8 Å². The van der Waals surface area contributed by atoms with E-state index in [9.17, 15) is 9.59 Å². The summed E-state index contributed by atoms with van der Waals surface area (Å²) in [5.74, 6) is -0.542. The second-order valence-corrected chi connectivity index (χ2v) is 5.36. The molecule has 0 N–H and O–H groups in total. The predicted octanol–water partition coefficient (Wildman–Crippen LogP) is 2.74. The Morgan fingerprint density at radius 3 is 3.00 bits per heavy atom. The number of hydrogen-bond donors (Lipinski definition) is 0. The highest BCUT2D eigenvalue weighted by atomic mass is 79.9. The number of imidazole rings is 1. The standard InChI is InChI=1S/C12H11BrN2O3S/c1-2-18-11(17)10-9(7-16)14-12(13)15(10)6-8-4-3-5-19-8/h3-5,7H,2,6H2,1H3. The number of carbonyl (C=O) groups excluding carboxylic acids is 2. The van der Waals surface area contributed by atoms with Crippen LogP contribution >= 0.6 is 27.3 Å². The SMILES string of the molecule is CCOC(=O)c1c(C=O)nc(Br)n1Cc1cccs1. The summed E-state index contributed by atoms with van der Waals surface area (Å²) in [5.41, 5.74) is 0.263. The number of halogens is 1. The molecule has 0 amide bonds. The first-order valence-corrected chi connectivity index (χ1v) is 7.25. The van der Waals surface area contributed by atoms with Gasteiger partial charge in [0.25, 0.3) is 0 Å². The van der Waals surface area contributed by atoms with Gasteiger partial charge in [0.15, 0.2) is 16.7 Å². The van der Waals surface area contributed by atoms with Crippen molar-refractivity contribution in [2.24, 2.45) is 0 Å². The van der Waals surface area contributed by atoms with Crippen molar-refractivity contribution in [3.05, 3.63) is 38.5 Å². The Hall–Kier alpha value is -1.47. The summed E-state index contributed by atoms with van der Waals surface area (Å²) in [6.45, 7) is 2.43. The van der Waals surface area contributed by atoms with Gasteiger partial charge < -0.3 is 9.30 Å². The third-order valence-electron chi connectivity index (χ3n) is 2.42. The highest BCUT2D eigenvalue weighted by Crippen LogP contribution is 2.21. The summed E-state index contributed by atoms with van der Waals surface area (Å²) in [5, 5.41) is 1.95. The Labute approximate surface area is 122 Å². The summed E-state index contributed by atoms with van der Waals surface area (Å²) >= 11 is 4.83. The first kappa shape index (κ1) is 14.0. The van der Waals surface area contributed by atoms with Gasteiger partial charge in [0.1, 0.15) is 5.69 Å². The third kappa shape index (κ3) is 2.93. The second-order valence-electron chi connectivity index (χ2n) is 3.62. The molecular formula is C12H11BrN2O3S. The van der Waals surface area contributed by atoms with E-state index in [0.29, 0.717) is 17.6 Å². The van der Waals surface area contributed by atoms with Crippen molar-refractivity contribution in [3.8, 4) is 0 Å². The zero-order valence-electron chi connectivity index (χ0n) is 10.1. The molecule has 100 valence electrons. The molecule has 0 saturated carbocycles. The van der Waals surface area contributed by atoms with Gasteiger partial charge in [-0.05, 0) is 34.3 Å². The molecule has 0 aliphatic carbocycles. The van der Waals surface area contributed by atoms with Gasteiger partial charge in [0.2, 0.25) is 0 Å². The zero-order chi connectivity index (χ0) is 13.8. The fraction of sp³-hybridized carbons (Fsp3) is 0.250. The van der Waals surface area contributed by atoms with Gasteiger partial charge in [-0.2, -0.15) is 0 Å². The van der Waals surface area contributed by atoms with Crippen LogP contribution in [-0.4, -0.2) is 28.4 Å². The Morgan fingerprint density at radius 1 is 1.63 bits per heavy atom. The molecule has 0 fully saturated rings. The smallest absolute Gasteiger partial charge is 0.357 e. The molecule has 0 bridgehead atoms. The van der Waals surface area contributed by atoms with Crippen molar-refractivity contribution in [1.29, 1.82) is 0 Å². The minimum absolute atomic E-state index is 0.0851. The van der Waals surface area contributed by atoms with E-state index in [4.69, 9.17) is 4.74 Å². The van der Waals surface area contributed by atoms with Gasteiger partial charge in [-0.3, -0.25) is 4.79 Å². The fourth-order valence-corrected chi connectivity index (χ4v) is 2.83. The van der Waals surface area contributed by atoms with E-state index >= 15 is 0 Å². The van der Waals surface area contributed by atoms with Crippen LogP contribution < -0.4 is 0 Å². The van der Waals surface area contributed by atoms with Crippen LogP contribution in [0.25, 0.3) is 0 Å². The number of thiophene rings is 1. The van der Waals surface area contributed by atoms with Crippen molar-refractivity contribution >= 4 is 39.5 Å². The first-order chi connectivity index (χ1) is 9.17. The largest absolute Gasteiger partial charge is 0.461 e. The molecule has 2 aromatic rings. The van der Waals surface area contributed by atoms with Crippen molar-refractivity contribution in [1.82, 2.24) is 9.55 Å². The van der Waals surface area contributed by atoms with Crippen molar-refractivity contribution < 1.29 is 14.3 Å². The number of carbonyl (C=O) groups is 2. The minimum Gasteiger partial charge on any atom is -0.461 e. The number of aldehydes is 1. The molecule has 0 unspecified atom stereocenters. The van der Waals surface area contributed by atoms with Crippen LogP contribution in [0.2, 0.25) is 0 Å². The molecule has 7 heteroatoms. The van der Waals surface area contributed by atoms with Crippen LogP contribution in [0.4, 0.5) is 0 Å². The maximum atomic E-state index is 11.9. The van der Waals surface area contributed by atoms with Gasteiger partial charge in [-0.1, -0.05) is 6.07 Å². The van der Waals surface area contributed by atoms with E-state index in [0.717, 1.165) is 4.88 Å². The number of rotatable bonds is 5. The molecule has 0 atom stereocenters. The van der Waals surface area contributed by atoms with E-state index in [1.807, 2.05) is 17.5 Å². The molecular weight excluding hydrogens is 332 g/mol. The second kappa shape index (κ2) is 6.12. The van der Waals surface area contributed by atoms with Crippen LogP contribution in [0.5, 0.6) is 0 Å². The fourth-order valence-electron chi connectivity index (χ4n) is 1.64. The van der Waals surface area contributed by atoms with Gasteiger partial charge in [0.05, 0.1) is 13.2 Å². The van der Waals surface area contributed by atoms with Gasteiger partial charge in [-0.25, -0.2) is 9.78 Å². The highest BCUT2D eigenvalue weighted by Gasteiger charge is 2.23. The molecule has 0 saturated heterocycles. The molecule has 2 aromatic heterocycles. The van der Waals surface area contributed by atoms with Crippen LogP contribution in [-0.2, 0) is 11.3 Å². The quantitative estimate of drug-likeness (QED) is 0.619. The molecule has 2 rings (SSSR count). The lowest BCUT2D eigenvalue weighted by Crippen LogP contribution is -2.14. The predicted molar refractivity (Wildman–Crippen MR) is 74.7 cm³/mol. The van der Waals surface area contributed by atoms with E-state index < -0.39 is 5.97 Å². The monoisotopic (exact) mass is 342 g/mol. The lowest BCUT2D eigenvalue weighted by molar-refractivity contribution is 0.0512. The molecule has 0 aliphatic rings. The Bertz CT molecular complexity index is 592. The Balaban J connectivity index is 2.43. The topological polar surface area (TPSA) is 61.2 Å². The summed E-state index contributed by atoms with van der Waals surface area (Å²) in [6.07, 6.45) is 0.557. The lowest BCUT2D eigenvalue weighted by Gasteiger charge is -2.08. The average molecular weight is 343 g/mol. The molecule has 19 heavy (non-hydrogen) atoms. The van der Waals surface area contributed by atoms with Crippen LogP contribution in [0, 0.1) is 0 Å². The molecule has 5 nitrogen and oxygen atoms in total. The van der Waals surface area contributed by atoms with E-state index in [1.165, 1.54) is 0 Å². The number of ether oxygens (including phenoxy) is 1. The van der Waals surface area contributed by atoms with Crippen molar-refractivity contribution in [3.63, 3.8) is 0 Å². The van der Waals surface area contributed by atoms with Crippen LogP contribution in [0.15, 0.2) is 22.2 Å². The zero-order valence-corrected chi connectivity index (χ0v) is 12.5. The van der Waals surface area contributed by atoms with Crippen molar-refractivity contribution in [2.75, 3.05) is 6.61 Å². The maximum Gasteiger partial charge on any atom is 0.357 e. The number of esters is 1. The van der Waals surface area contributed by atoms with Crippen molar-refractivity contribution in [2.45, 2.75) is 13.5 Å². The minimum atomic E-state index is -0.542. The van der Waals surface area contributed by atoms with Gasteiger partial charge >= 0.3 is 5.97 Å². The summed E-state index contributed by atoms with van der Waals surface area (Å²) < 4.78 is 7.04. The number of nitrogens with zero attached hydrogens (tertiary/aromatic N) is 2. The normalized spacial score (nSPS) is 10.4. The molecule has 2 heterocycles. The molecule has 0 radical (unpaired) electrons. The van der Waals surface area contributed by atoms with Crippen LogP contribution in [0.1, 0.15) is 32.8 Å². The summed E-state index contributed by atoms with van der Waals surface area (Å²) in [7, 11) is 0. The Morgan fingerprint density at radius 2 is 2.42 bits per heavy atom. The third-order valence-corrected chi connectivity index (χ3v) is 3.89. The summed E-state index contributed by atoms with van der Waals surface area (Å²) in [4.78, 5) is 28.0.